The molecule has 0 saturated carbocycles. The van der Waals surface area contributed by atoms with Gasteiger partial charge in [0.1, 0.15) is 0 Å². The zero-order valence-corrected chi connectivity index (χ0v) is 36.5. The van der Waals surface area contributed by atoms with Gasteiger partial charge in [0, 0.05) is 42.9 Å². The van der Waals surface area contributed by atoms with Gasteiger partial charge in [0.05, 0.1) is 20.1 Å². The van der Waals surface area contributed by atoms with Gasteiger partial charge in [-0.3, -0.25) is 29.1 Å². The largest absolute Gasteiger partial charge is 0.488 e. The van der Waals surface area contributed by atoms with E-state index in [0.717, 1.165) is 9.36 Å². The molecular formula is C34H32BBrCl4N10O10. The summed E-state index contributed by atoms with van der Waals surface area (Å²) >= 11 is 27.5. The number of ether oxygens (including phenoxy) is 2. The van der Waals surface area contributed by atoms with E-state index in [1.54, 1.807) is 0 Å². The highest BCUT2D eigenvalue weighted by atomic mass is 79.9. The molecule has 6 rings (SSSR count). The first-order valence-corrected chi connectivity index (χ1v) is 19.3. The summed E-state index contributed by atoms with van der Waals surface area (Å²) in [6, 6.07) is 8.51. The van der Waals surface area contributed by atoms with Crippen molar-refractivity contribution >= 4 is 74.9 Å². The van der Waals surface area contributed by atoms with Crippen LogP contribution < -0.4 is 48.6 Å². The number of aryl methyl sites for hydroxylation is 2. The molecule has 0 bridgehead atoms. The molecule has 0 spiro atoms. The van der Waals surface area contributed by atoms with Crippen molar-refractivity contribution in [3.8, 4) is 34.5 Å². The van der Waals surface area contributed by atoms with Crippen LogP contribution in [0.25, 0.3) is 11.3 Å². The predicted octanol–water partition coefficient (Wildman–Crippen LogP) is 3.34. The Kier molecular flexibility index (Phi) is 16.0. The summed E-state index contributed by atoms with van der Waals surface area (Å²) < 4.78 is 13.3. The van der Waals surface area contributed by atoms with E-state index in [-0.39, 0.29) is 82.1 Å². The van der Waals surface area contributed by atoms with E-state index in [0.29, 0.717) is 16.7 Å². The minimum atomic E-state index is -1.69. The van der Waals surface area contributed by atoms with Crippen molar-refractivity contribution in [2.24, 2.45) is 14.1 Å². The molecule has 6 N–H and O–H groups in total. The van der Waals surface area contributed by atoms with E-state index >= 15 is 0 Å². The Bertz CT molecular complexity index is 2840. The first kappa shape index (κ1) is 47.3. The van der Waals surface area contributed by atoms with Crippen molar-refractivity contribution < 1.29 is 19.5 Å². The minimum Gasteiger partial charge on any atom is -0.434 e. The van der Waals surface area contributed by atoms with Gasteiger partial charge in [-0.25, -0.2) is 29.2 Å². The molecule has 0 amide bonds. The molecule has 0 aliphatic rings. The van der Waals surface area contributed by atoms with E-state index in [9.17, 15) is 28.8 Å². The van der Waals surface area contributed by atoms with Gasteiger partial charge in [-0.05, 0) is 57.5 Å². The summed E-state index contributed by atoms with van der Waals surface area (Å²) in [6.07, 6.45) is 0. The van der Waals surface area contributed by atoms with Gasteiger partial charge < -0.3 is 19.5 Å². The van der Waals surface area contributed by atoms with Gasteiger partial charge in [-0.1, -0.05) is 74.1 Å². The second-order valence-electron chi connectivity index (χ2n) is 12.9. The fourth-order valence-electron chi connectivity index (χ4n) is 4.71. The van der Waals surface area contributed by atoms with Gasteiger partial charge in [0.25, 0.3) is 22.2 Å². The number of H-pyrrole nitrogens is 4. The van der Waals surface area contributed by atoms with Crippen LogP contribution in [0.15, 0.2) is 69.8 Å². The van der Waals surface area contributed by atoms with Crippen molar-refractivity contribution in [2.45, 2.75) is 39.5 Å². The van der Waals surface area contributed by atoms with Gasteiger partial charge in [-0.15, -0.1) is 10.2 Å². The van der Waals surface area contributed by atoms with Crippen molar-refractivity contribution in [1.82, 2.24) is 49.9 Å². The Morgan fingerprint density at radius 2 is 1.03 bits per heavy atom. The molecule has 0 aliphatic carbocycles. The maximum Gasteiger partial charge on any atom is 0.488 e. The normalized spacial score (nSPS) is 10.8. The van der Waals surface area contributed by atoms with E-state index in [2.05, 4.69) is 51.5 Å². The lowest BCUT2D eigenvalue weighted by atomic mass is 9.80. The van der Waals surface area contributed by atoms with Crippen molar-refractivity contribution in [1.29, 1.82) is 0 Å². The second-order valence-corrected chi connectivity index (χ2v) is 15.2. The molecule has 60 heavy (non-hydrogen) atoms. The number of hydrogen-bond acceptors (Lipinski definition) is 14. The van der Waals surface area contributed by atoms with Gasteiger partial charge in [0.2, 0.25) is 11.8 Å². The Labute approximate surface area is 365 Å². The third-order valence-electron chi connectivity index (χ3n) is 7.78. The molecule has 20 nitrogen and oxygen atoms in total. The molecule has 0 fully saturated rings. The number of nitrogens with zero attached hydrogens (tertiary/aromatic N) is 6. The van der Waals surface area contributed by atoms with Crippen LogP contribution in [0.3, 0.4) is 0 Å². The van der Waals surface area contributed by atoms with Crippen molar-refractivity contribution in [3.63, 3.8) is 0 Å². The number of halogens is 5. The standard InChI is InChI=1S/C17H15Cl2N5O4.C13H13BCl2N2O4.C4H4BrN3O2/c1-7(2)9-6-12(21-22-15(9)25)28-14-10(18)4-8(5-11(14)19)13-16(26)20-17(27)24(3)23-13;1-6(2)8-5-11(17-18-13(8)19)22-12-9(15)3-7(14(20)21)4-10(12)16;1-8-4(10)6-3(9)2(5)7-8/h4-7H,1-3H3,(H,22,25)(H,20,26,27);3-6,20-21H,1-2H3,(H,18,19);1H3,(H,6,9,10). The Hall–Kier alpha value is -5.36. The minimum absolute atomic E-state index is 0.00745. The highest BCUT2D eigenvalue weighted by Gasteiger charge is 2.20. The summed E-state index contributed by atoms with van der Waals surface area (Å²) in [5, 5.41) is 38.4. The molecule has 0 unspecified atom stereocenters. The maximum atomic E-state index is 12.0. The second kappa shape index (κ2) is 20.3. The molecule has 2 aromatic carbocycles. The summed E-state index contributed by atoms with van der Waals surface area (Å²) in [5.41, 5.74) is -1.53. The molecule has 0 radical (unpaired) electrons. The molecule has 6 aromatic rings. The first-order valence-electron chi connectivity index (χ1n) is 17.0. The zero-order chi connectivity index (χ0) is 44.7. The molecule has 4 aromatic heterocycles. The van der Waals surface area contributed by atoms with Crippen LogP contribution in [0.1, 0.15) is 50.7 Å². The average Bonchev–Trinajstić information content (AvgIpc) is 3.16. The Balaban J connectivity index is 0.000000220. The monoisotopic (exact) mass is 970 g/mol. The van der Waals surface area contributed by atoms with E-state index in [1.165, 1.54) is 50.5 Å². The number of aromatic nitrogens is 10. The van der Waals surface area contributed by atoms with Crippen LogP contribution in [-0.2, 0) is 14.1 Å². The molecular weight excluding hydrogens is 941 g/mol. The lowest BCUT2D eigenvalue weighted by Gasteiger charge is -2.12. The number of nitrogens with one attached hydrogen (secondary N) is 4. The average molecular weight is 973 g/mol. The SMILES string of the molecule is CC(C)c1cc(Oc2c(Cl)cc(-c3nn(C)c(=O)[nH]c3=O)cc2Cl)n[nH]c1=O.CC(C)c1cc(Oc2c(Cl)cc(B(O)O)cc2Cl)n[nH]c1=O.Cn1nc(Br)c(=O)[nH]c1=O. The molecule has 0 atom stereocenters. The van der Waals surface area contributed by atoms with Crippen molar-refractivity contribution in [3.05, 3.63) is 135 Å². The van der Waals surface area contributed by atoms with E-state index in [1.807, 2.05) is 32.7 Å². The summed E-state index contributed by atoms with van der Waals surface area (Å²) in [6.45, 7) is 7.46. The van der Waals surface area contributed by atoms with E-state index < -0.39 is 29.6 Å². The highest BCUT2D eigenvalue weighted by molar-refractivity contribution is 9.10. The van der Waals surface area contributed by atoms with Gasteiger partial charge in [0.15, 0.2) is 21.8 Å². The Morgan fingerprint density at radius 3 is 1.43 bits per heavy atom. The fraction of sp³-hybridized carbons (Fsp3) is 0.235. The first-order chi connectivity index (χ1) is 28.1. The molecule has 26 heteroatoms. The molecule has 4 heterocycles. The number of rotatable bonds is 8. The lowest BCUT2D eigenvalue weighted by molar-refractivity contribution is 0.425. The number of benzene rings is 2. The summed E-state index contributed by atoms with van der Waals surface area (Å²) in [7, 11) is 1.16. The molecule has 0 saturated heterocycles. The number of aromatic amines is 4. The van der Waals surface area contributed by atoms with Crippen LogP contribution in [0.2, 0.25) is 20.1 Å². The summed E-state index contributed by atoms with van der Waals surface area (Å²) in [5.74, 6) is 0.406. The Morgan fingerprint density at radius 1 is 0.633 bits per heavy atom. The van der Waals surface area contributed by atoms with Crippen LogP contribution >= 0.6 is 62.3 Å². The van der Waals surface area contributed by atoms with Crippen LogP contribution in [0, 0.1) is 0 Å². The zero-order valence-electron chi connectivity index (χ0n) is 31.9. The molecule has 0 aliphatic heterocycles. The lowest BCUT2D eigenvalue weighted by Crippen LogP contribution is -2.31. The van der Waals surface area contributed by atoms with Crippen LogP contribution in [-0.4, -0.2) is 67.1 Å². The van der Waals surface area contributed by atoms with Crippen LogP contribution in [0.5, 0.6) is 23.3 Å². The molecule has 316 valence electrons. The fourth-order valence-corrected chi connectivity index (χ4v) is 6.20. The van der Waals surface area contributed by atoms with Crippen molar-refractivity contribution in [2.75, 3.05) is 0 Å². The topological polar surface area (TPSA) is 286 Å². The number of hydrogen-bond donors (Lipinski definition) is 6. The maximum absolute atomic E-state index is 12.0. The highest BCUT2D eigenvalue weighted by Crippen LogP contribution is 2.39. The van der Waals surface area contributed by atoms with Gasteiger partial charge >= 0.3 is 18.5 Å². The third-order valence-corrected chi connectivity index (χ3v) is 9.43. The van der Waals surface area contributed by atoms with Gasteiger partial charge in [-0.2, -0.15) is 10.2 Å². The third kappa shape index (κ3) is 11.9. The van der Waals surface area contributed by atoms with E-state index in [4.69, 9.17) is 65.9 Å². The summed E-state index contributed by atoms with van der Waals surface area (Å²) in [4.78, 5) is 72.3. The quantitative estimate of drug-likeness (QED) is 0.119. The van der Waals surface area contributed by atoms with Crippen LogP contribution in [0.4, 0.5) is 0 Å². The smallest absolute Gasteiger partial charge is 0.434 e. The predicted molar refractivity (Wildman–Crippen MR) is 228 cm³/mol.